The number of nitrogens with one attached hydrogen (secondary N) is 2. The van der Waals surface area contributed by atoms with Gasteiger partial charge in [-0.05, 0) is 48.5 Å². The first-order chi connectivity index (χ1) is 14.5. The first-order valence-corrected chi connectivity index (χ1v) is 10.0. The van der Waals surface area contributed by atoms with E-state index in [0.29, 0.717) is 22.9 Å². The summed E-state index contributed by atoms with van der Waals surface area (Å²) in [6, 6.07) is 11.6. The Labute approximate surface area is 179 Å². The number of hydrogen-bond donors (Lipinski definition) is 4. The molecule has 0 spiro atoms. The number of carbonyl (C=O) groups is 1. The molecule has 30 heavy (non-hydrogen) atoms. The number of fused-ring (bicyclic) bond motifs is 1. The van der Waals surface area contributed by atoms with E-state index in [2.05, 4.69) is 21.7 Å². The zero-order valence-electron chi connectivity index (χ0n) is 16.0. The number of benzene rings is 1. The standard InChI is InChI=1S/C21H21N5O3S/c22-9-12-3-1-5-14(7-12)26-18-15(8-16(27)19(28)17(18)25-21(26)30)20(29)24-11-13-4-2-6-23-10-13/h1-7,10,15-19,27-28H,8,11H2,(H,24,29)(H,25,30)/t15-,16-,17-,18+,19+/m1/s1. The van der Waals surface area contributed by atoms with Gasteiger partial charge in [-0.15, -0.1) is 0 Å². The first kappa shape index (κ1) is 20.2. The second-order valence-electron chi connectivity index (χ2n) is 7.48. The largest absolute Gasteiger partial charge is 0.390 e. The molecular formula is C21H21N5O3S. The fourth-order valence-corrected chi connectivity index (χ4v) is 4.55. The Bertz CT molecular complexity index is 996. The van der Waals surface area contributed by atoms with E-state index < -0.39 is 30.2 Å². The summed E-state index contributed by atoms with van der Waals surface area (Å²) in [5.74, 6) is -0.864. The van der Waals surface area contributed by atoms with Gasteiger partial charge in [0.25, 0.3) is 0 Å². The molecule has 4 N–H and O–H groups in total. The van der Waals surface area contributed by atoms with Gasteiger partial charge >= 0.3 is 0 Å². The summed E-state index contributed by atoms with van der Waals surface area (Å²) in [5, 5.41) is 36.5. The van der Waals surface area contributed by atoms with Gasteiger partial charge in [0.1, 0.15) is 6.10 Å². The minimum absolute atomic E-state index is 0.0972. The number of carbonyl (C=O) groups excluding carboxylic acids is 1. The van der Waals surface area contributed by atoms with E-state index in [9.17, 15) is 20.3 Å². The lowest BCUT2D eigenvalue weighted by atomic mass is 9.77. The average molecular weight is 423 g/mol. The maximum Gasteiger partial charge on any atom is 0.225 e. The summed E-state index contributed by atoms with van der Waals surface area (Å²) in [7, 11) is 0. The number of nitriles is 1. The number of rotatable bonds is 4. The normalized spacial score (nSPS) is 27.7. The third-order valence-electron chi connectivity index (χ3n) is 5.62. The molecule has 1 saturated heterocycles. The molecule has 0 unspecified atom stereocenters. The molecule has 1 aromatic carbocycles. The minimum atomic E-state index is -1.07. The van der Waals surface area contributed by atoms with E-state index in [4.69, 9.17) is 12.2 Å². The number of anilines is 1. The van der Waals surface area contributed by atoms with Crippen molar-refractivity contribution in [1.29, 1.82) is 5.26 Å². The highest BCUT2D eigenvalue weighted by Gasteiger charge is 2.53. The molecule has 0 bridgehead atoms. The second-order valence-corrected chi connectivity index (χ2v) is 7.86. The molecule has 1 saturated carbocycles. The highest BCUT2D eigenvalue weighted by Crippen LogP contribution is 2.37. The van der Waals surface area contributed by atoms with Crippen LogP contribution in [0.2, 0.25) is 0 Å². The molecule has 2 heterocycles. The van der Waals surface area contributed by atoms with Crippen LogP contribution in [-0.2, 0) is 11.3 Å². The number of nitrogens with zero attached hydrogens (tertiary/aromatic N) is 3. The molecule has 2 fully saturated rings. The molecule has 1 aromatic heterocycles. The Morgan fingerprint density at radius 1 is 1.37 bits per heavy atom. The van der Waals surface area contributed by atoms with Gasteiger partial charge in [-0.3, -0.25) is 9.78 Å². The number of amides is 1. The highest BCUT2D eigenvalue weighted by molar-refractivity contribution is 7.80. The van der Waals surface area contributed by atoms with Gasteiger partial charge < -0.3 is 25.7 Å². The molecule has 1 aliphatic heterocycles. The summed E-state index contributed by atoms with van der Waals surface area (Å²) in [6.07, 6.45) is 1.31. The molecule has 2 aromatic rings. The Morgan fingerprint density at radius 2 is 2.20 bits per heavy atom. The molecule has 1 aliphatic carbocycles. The highest BCUT2D eigenvalue weighted by atomic mass is 32.1. The van der Waals surface area contributed by atoms with Crippen LogP contribution < -0.4 is 15.5 Å². The van der Waals surface area contributed by atoms with Gasteiger partial charge in [0, 0.05) is 24.6 Å². The predicted octanol–water partition coefficient (Wildman–Crippen LogP) is 0.443. The molecule has 154 valence electrons. The van der Waals surface area contributed by atoms with Crippen LogP contribution in [0, 0.1) is 17.2 Å². The Morgan fingerprint density at radius 3 is 2.93 bits per heavy atom. The van der Waals surface area contributed by atoms with E-state index >= 15 is 0 Å². The van der Waals surface area contributed by atoms with Crippen LogP contribution in [0.4, 0.5) is 5.69 Å². The molecular weight excluding hydrogens is 402 g/mol. The van der Waals surface area contributed by atoms with Gasteiger partial charge in [-0.2, -0.15) is 5.26 Å². The van der Waals surface area contributed by atoms with Crippen molar-refractivity contribution in [3.63, 3.8) is 0 Å². The number of hydrogen-bond acceptors (Lipinski definition) is 6. The van der Waals surface area contributed by atoms with Crippen molar-refractivity contribution in [3.05, 3.63) is 59.9 Å². The van der Waals surface area contributed by atoms with Crippen molar-refractivity contribution in [2.24, 2.45) is 5.92 Å². The lowest BCUT2D eigenvalue weighted by Gasteiger charge is -2.41. The van der Waals surface area contributed by atoms with Gasteiger partial charge in [0.2, 0.25) is 5.91 Å². The third kappa shape index (κ3) is 3.73. The fourth-order valence-electron chi connectivity index (χ4n) is 4.19. The number of aromatic nitrogens is 1. The molecule has 5 atom stereocenters. The quantitative estimate of drug-likeness (QED) is 0.523. The summed E-state index contributed by atoms with van der Waals surface area (Å²) in [5.41, 5.74) is 1.98. The zero-order chi connectivity index (χ0) is 21.3. The van der Waals surface area contributed by atoms with E-state index in [1.807, 2.05) is 6.07 Å². The van der Waals surface area contributed by atoms with E-state index in [1.54, 1.807) is 47.6 Å². The summed E-state index contributed by atoms with van der Waals surface area (Å²) < 4.78 is 0. The lowest BCUT2D eigenvalue weighted by Crippen LogP contribution is -2.60. The topological polar surface area (TPSA) is 122 Å². The van der Waals surface area contributed by atoms with E-state index in [0.717, 1.165) is 5.56 Å². The van der Waals surface area contributed by atoms with Crippen LogP contribution in [-0.4, -0.2) is 50.5 Å². The number of thiocarbonyl (C=S) groups is 1. The number of aliphatic hydroxyl groups excluding tert-OH is 2. The smallest absolute Gasteiger partial charge is 0.225 e. The number of aliphatic hydroxyl groups is 2. The van der Waals surface area contributed by atoms with E-state index in [1.165, 1.54) is 0 Å². The minimum Gasteiger partial charge on any atom is -0.390 e. The lowest BCUT2D eigenvalue weighted by molar-refractivity contribution is -0.131. The van der Waals surface area contributed by atoms with E-state index in [-0.39, 0.29) is 12.3 Å². The van der Waals surface area contributed by atoms with Gasteiger partial charge in [-0.1, -0.05) is 12.1 Å². The monoisotopic (exact) mass is 423 g/mol. The van der Waals surface area contributed by atoms with Crippen LogP contribution in [0.15, 0.2) is 48.8 Å². The maximum atomic E-state index is 13.1. The fraction of sp³-hybridized carbons (Fsp3) is 0.333. The molecule has 2 aliphatic rings. The van der Waals surface area contributed by atoms with Crippen molar-refractivity contribution >= 4 is 28.9 Å². The van der Waals surface area contributed by atoms with Gasteiger partial charge in [0.15, 0.2) is 5.11 Å². The zero-order valence-corrected chi connectivity index (χ0v) is 16.8. The molecule has 1 amide bonds. The predicted molar refractivity (Wildman–Crippen MR) is 113 cm³/mol. The van der Waals surface area contributed by atoms with Crippen LogP contribution in [0.1, 0.15) is 17.5 Å². The van der Waals surface area contributed by atoms with Crippen LogP contribution in [0.3, 0.4) is 0 Å². The van der Waals surface area contributed by atoms with Crippen LogP contribution in [0.5, 0.6) is 0 Å². The van der Waals surface area contributed by atoms with Crippen molar-refractivity contribution in [3.8, 4) is 6.07 Å². The maximum absolute atomic E-state index is 13.1. The summed E-state index contributed by atoms with van der Waals surface area (Å²) in [4.78, 5) is 18.9. The Hall–Kier alpha value is -3.06. The van der Waals surface area contributed by atoms with Crippen LogP contribution >= 0.6 is 12.2 Å². The molecule has 0 radical (unpaired) electrons. The Kier molecular flexibility index (Phi) is 5.63. The van der Waals surface area contributed by atoms with Crippen LogP contribution in [0.25, 0.3) is 0 Å². The molecule has 8 nitrogen and oxygen atoms in total. The summed E-state index contributed by atoms with van der Waals surface area (Å²) in [6.45, 7) is 0.307. The van der Waals surface area contributed by atoms with Gasteiger partial charge in [-0.25, -0.2) is 0 Å². The second kappa shape index (κ2) is 8.36. The van der Waals surface area contributed by atoms with Crippen molar-refractivity contribution in [2.45, 2.75) is 37.3 Å². The van der Waals surface area contributed by atoms with Gasteiger partial charge in [0.05, 0.1) is 35.7 Å². The first-order valence-electron chi connectivity index (χ1n) is 9.62. The Balaban J connectivity index is 1.62. The SMILES string of the molecule is N#Cc1cccc(N2C(=S)N[C@H]3[C@@H](O)[C@H](O)C[C@@H](C(=O)NCc4cccnc4)[C@@H]32)c1. The third-order valence-corrected chi connectivity index (χ3v) is 5.94. The summed E-state index contributed by atoms with van der Waals surface area (Å²) >= 11 is 5.49. The number of pyridine rings is 1. The average Bonchev–Trinajstić information content (AvgIpc) is 3.12. The van der Waals surface area contributed by atoms with Crippen molar-refractivity contribution in [2.75, 3.05) is 4.90 Å². The molecule has 9 heteroatoms. The molecule has 4 rings (SSSR count). The van der Waals surface area contributed by atoms with Crippen molar-refractivity contribution in [1.82, 2.24) is 15.6 Å². The van der Waals surface area contributed by atoms with Crippen molar-refractivity contribution < 1.29 is 15.0 Å².